The van der Waals surface area contributed by atoms with E-state index in [9.17, 15) is 4.79 Å². The van der Waals surface area contributed by atoms with Gasteiger partial charge in [-0.05, 0) is 55.9 Å². The Bertz CT molecular complexity index is 780. The summed E-state index contributed by atoms with van der Waals surface area (Å²) in [5.41, 5.74) is 7.30. The van der Waals surface area contributed by atoms with Gasteiger partial charge >= 0.3 is 0 Å². The minimum absolute atomic E-state index is 0.103. The third-order valence-electron chi connectivity index (χ3n) is 7.20. The standard InChI is InChI=1S/C26H42BN3O3/c1-32-24-18-23(33-17-7-10-25(31)29-19-21-8-3-2-4-9-21)12-11-22(24)20-30(16-15-28)26(27)13-5-6-14-26/h3,8,11-12,18,21H,2,4-7,9-10,13-17,19-20,27-28H2,1H3,(H,29,31)/t21-/m0/s1. The van der Waals surface area contributed by atoms with E-state index in [-0.39, 0.29) is 11.3 Å². The molecule has 1 atom stereocenters. The van der Waals surface area contributed by atoms with E-state index in [1.165, 1.54) is 44.9 Å². The van der Waals surface area contributed by atoms with Crippen LogP contribution in [-0.2, 0) is 11.3 Å². The fourth-order valence-electron chi connectivity index (χ4n) is 5.11. The molecule has 0 aromatic heterocycles. The molecular formula is C26H42BN3O3. The highest BCUT2D eigenvalue weighted by Gasteiger charge is 2.34. The largest absolute Gasteiger partial charge is 0.496 e. The molecule has 0 saturated heterocycles. The molecule has 1 aromatic carbocycles. The van der Waals surface area contributed by atoms with Crippen molar-refractivity contribution in [2.24, 2.45) is 11.7 Å². The van der Waals surface area contributed by atoms with E-state index >= 15 is 0 Å². The second kappa shape index (κ2) is 13.0. The first-order valence-electron chi connectivity index (χ1n) is 12.7. The zero-order chi connectivity index (χ0) is 23.5. The Morgan fingerprint density at radius 1 is 1.30 bits per heavy atom. The van der Waals surface area contributed by atoms with Crippen molar-refractivity contribution in [3.8, 4) is 11.5 Å². The zero-order valence-electron chi connectivity index (χ0n) is 20.6. The molecule has 0 aliphatic heterocycles. The summed E-state index contributed by atoms with van der Waals surface area (Å²) >= 11 is 0. The number of rotatable bonds is 13. The fraction of sp³-hybridized carbons (Fsp3) is 0.654. The van der Waals surface area contributed by atoms with Gasteiger partial charge in [0.1, 0.15) is 19.3 Å². The highest BCUT2D eigenvalue weighted by molar-refractivity contribution is 6.15. The number of carbonyl (C=O) groups excluding carboxylic acids is 1. The summed E-state index contributed by atoms with van der Waals surface area (Å²) in [5, 5.41) is 3.05. The topological polar surface area (TPSA) is 76.8 Å². The number of hydrogen-bond donors (Lipinski definition) is 2. The van der Waals surface area contributed by atoms with Gasteiger partial charge in [-0.25, -0.2) is 0 Å². The van der Waals surface area contributed by atoms with Gasteiger partial charge in [-0.3, -0.25) is 9.69 Å². The molecular weight excluding hydrogens is 413 g/mol. The minimum Gasteiger partial charge on any atom is -0.496 e. The van der Waals surface area contributed by atoms with Gasteiger partial charge in [0.05, 0.1) is 13.7 Å². The Morgan fingerprint density at radius 3 is 2.82 bits per heavy atom. The molecule has 0 bridgehead atoms. The normalized spacial score (nSPS) is 19.5. The molecule has 3 N–H and O–H groups in total. The lowest BCUT2D eigenvalue weighted by Gasteiger charge is -2.39. The summed E-state index contributed by atoms with van der Waals surface area (Å²) in [4.78, 5) is 14.6. The van der Waals surface area contributed by atoms with Crippen LogP contribution in [0.15, 0.2) is 30.4 Å². The van der Waals surface area contributed by atoms with Crippen molar-refractivity contribution in [1.82, 2.24) is 10.2 Å². The number of carbonyl (C=O) groups is 1. The van der Waals surface area contributed by atoms with Gasteiger partial charge in [-0.15, -0.1) is 0 Å². The molecule has 7 heteroatoms. The van der Waals surface area contributed by atoms with Gasteiger partial charge in [0.2, 0.25) is 5.91 Å². The predicted molar refractivity (Wildman–Crippen MR) is 136 cm³/mol. The van der Waals surface area contributed by atoms with Crippen LogP contribution in [0.2, 0.25) is 0 Å². The van der Waals surface area contributed by atoms with Gasteiger partial charge in [0.25, 0.3) is 0 Å². The van der Waals surface area contributed by atoms with Crippen molar-refractivity contribution in [1.29, 1.82) is 0 Å². The number of allylic oxidation sites excluding steroid dienone is 1. The maximum Gasteiger partial charge on any atom is 0.220 e. The molecule has 0 heterocycles. The molecule has 1 amide bonds. The molecule has 0 radical (unpaired) electrons. The molecule has 2 aliphatic rings. The first-order chi connectivity index (χ1) is 16.0. The van der Waals surface area contributed by atoms with Crippen LogP contribution < -0.4 is 20.5 Å². The minimum atomic E-state index is 0.103. The van der Waals surface area contributed by atoms with E-state index in [0.717, 1.165) is 36.7 Å². The molecule has 33 heavy (non-hydrogen) atoms. The van der Waals surface area contributed by atoms with Gasteiger partial charge in [-0.2, -0.15) is 0 Å². The lowest BCUT2D eigenvalue weighted by Crippen LogP contribution is -2.48. The molecule has 1 aromatic rings. The number of nitrogens with two attached hydrogens (primary N) is 1. The third-order valence-corrected chi connectivity index (χ3v) is 7.20. The van der Waals surface area contributed by atoms with E-state index in [1.54, 1.807) is 7.11 Å². The number of benzene rings is 1. The smallest absolute Gasteiger partial charge is 0.220 e. The highest BCUT2D eigenvalue weighted by Crippen LogP contribution is 2.35. The van der Waals surface area contributed by atoms with Gasteiger partial charge < -0.3 is 20.5 Å². The fourth-order valence-corrected chi connectivity index (χ4v) is 5.11. The summed E-state index contributed by atoms with van der Waals surface area (Å²) in [7, 11) is 4.07. The van der Waals surface area contributed by atoms with Crippen LogP contribution in [0.1, 0.15) is 63.4 Å². The summed E-state index contributed by atoms with van der Waals surface area (Å²) in [6.45, 7) is 3.63. The van der Waals surface area contributed by atoms with E-state index < -0.39 is 0 Å². The van der Waals surface area contributed by atoms with Crippen molar-refractivity contribution in [3.05, 3.63) is 35.9 Å². The number of ether oxygens (including phenoxy) is 2. The highest BCUT2D eigenvalue weighted by atomic mass is 16.5. The number of hydrogen-bond acceptors (Lipinski definition) is 5. The second-order valence-electron chi connectivity index (χ2n) is 9.76. The van der Waals surface area contributed by atoms with Gasteiger partial charge in [0.15, 0.2) is 0 Å². The molecule has 2 aliphatic carbocycles. The van der Waals surface area contributed by atoms with Gasteiger partial charge in [0, 0.05) is 44.2 Å². The Morgan fingerprint density at radius 2 is 2.12 bits per heavy atom. The molecule has 182 valence electrons. The van der Waals surface area contributed by atoms with Crippen LogP contribution in [0.4, 0.5) is 0 Å². The Labute approximate surface area is 200 Å². The van der Waals surface area contributed by atoms with Crippen LogP contribution in [-0.4, -0.2) is 57.4 Å². The van der Waals surface area contributed by atoms with Crippen molar-refractivity contribution in [3.63, 3.8) is 0 Å². The Hall–Kier alpha value is -1.99. The Kier molecular flexibility index (Phi) is 10.1. The van der Waals surface area contributed by atoms with Gasteiger partial charge in [-0.1, -0.05) is 31.1 Å². The summed E-state index contributed by atoms with van der Waals surface area (Å²) in [6.07, 6.45) is 14.2. The van der Waals surface area contributed by atoms with Crippen LogP contribution in [0.5, 0.6) is 11.5 Å². The summed E-state index contributed by atoms with van der Waals surface area (Å²) in [5.74, 6) is 2.21. The van der Waals surface area contributed by atoms with Crippen LogP contribution >= 0.6 is 0 Å². The molecule has 6 nitrogen and oxygen atoms in total. The van der Waals surface area contributed by atoms with E-state index in [2.05, 4.69) is 36.3 Å². The second-order valence-corrected chi connectivity index (χ2v) is 9.76. The number of methoxy groups -OCH3 is 1. The molecule has 0 spiro atoms. The number of amides is 1. The maximum absolute atomic E-state index is 12.1. The quantitative estimate of drug-likeness (QED) is 0.272. The maximum atomic E-state index is 12.1. The molecule has 0 unspecified atom stereocenters. The predicted octanol–water partition coefficient (Wildman–Crippen LogP) is 2.99. The Balaban J connectivity index is 1.45. The summed E-state index contributed by atoms with van der Waals surface area (Å²) < 4.78 is 11.6. The van der Waals surface area contributed by atoms with Crippen molar-refractivity contribution in [2.75, 3.05) is 33.4 Å². The lowest BCUT2D eigenvalue weighted by molar-refractivity contribution is -0.121. The molecule has 3 rings (SSSR count). The van der Waals surface area contributed by atoms with Crippen molar-refractivity contribution >= 4 is 13.8 Å². The SMILES string of the molecule is BC1(N(CCN)Cc2ccc(OCCCC(=O)NC[C@H]3C=CCCC3)cc2OC)CCCC1. The number of nitrogens with zero attached hydrogens (tertiary/aromatic N) is 1. The van der Waals surface area contributed by atoms with Crippen molar-refractivity contribution in [2.45, 2.75) is 69.8 Å². The average molecular weight is 455 g/mol. The lowest BCUT2D eigenvalue weighted by atomic mass is 9.74. The molecule has 1 fully saturated rings. The monoisotopic (exact) mass is 455 g/mol. The first kappa shape index (κ1) is 25.6. The number of nitrogens with one attached hydrogen (secondary N) is 1. The van der Waals surface area contributed by atoms with Crippen LogP contribution in [0.25, 0.3) is 0 Å². The van der Waals surface area contributed by atoms with E-state index in [4.69, 9.17) is 15.2 Å². The first-order valence-corrected chi connectivity index (χ1v) is 12.7. The van der Waals surface area contributed by atoms with Crippen molar-refractivity contribution < 1.29 is 14.3 Å². The van der Waals surface area contributed by atoms with Crippen LogP contribution in [0.3, 0.4) is 0 Å². The third kappa shape index (κ3) is 7.78. The molecule has 1 saturated carbocycles. The van der Waals surface area contributed by atoms with E-state index in [1.807, 2.05) is 12.1 Å². The average Bonchev–Trinajstić information content (AvgIpc) is 3.29. The summed E-state index contributed by atoms with van der Waals surface area (Å²) in [6, 6.07) is 6.06. The zero-order valence-corrected chi connectivity index (χ0v) is 20.6. The van der Waals surface area contributed by atoms with E-state index in [0.29, 0.717) is 31.9 Å². The van der Waals surface area contributed by atoms with Crippen LogP contribution in [0, 0.1) is 5.92 Å².